The van der Waals surface area contributed by atoms with Gasteiger partial charge in [0.25, 0.3) is 0 Å². The van der Waals surface area contributed by atoms with Crippen molar-refractivity contribution in [1.82, 2.24) is 24.5 Å². The van der Waals surface area contributed by atoms with Crippen molar-refractivity contribution in [1.29, 1.82) is 0 Å². The molecule has 6 nitrogen and oxygen atoms in total. The molecule has 56 heavy (non-hydrogen) atoms. The van der Waals surface area contributed by atoms with Gasteiger partial charge in [-0.15, -0.1) is 0 Å². The summed E-state index contributed by atoms with van der Waals surface area (Å²) in [4.78, 5) is 20.3. The fourth-order valence-corrected chi connectivity index (χ4v) is 7.82. The molecule has 11 rings (SSSR count). The summed E-state index contributed by atoms with van der Waals surface area (Å²) in [6.45, 7) is 0. The summed E-state index contributed by atoms with van der Waals surface area (Å²) in [5, 5.41) is 4.28. The van der Waals surface area contributed by atoms with Crippen LogP contribution in [0.5, 0.6) is 0 Å². The lowest BCUT2D eigenvalue weighted by molar-refractivity contribution is 0.645. The van der Waals surface area contributed by atoms with E-state index >= 15 is 0 Å². The van der Waals surface area contributed by atoms with Crippen molar-refractivity contribution >= 4 is 43.9 Å². The first-order chi connectivity index (χ1) is 27.8. The van der Waals surface area contributed by atoms with Gasteiger partial charge in [0.2, 0.25) is 5.71 Å². The second-order valence-electron chi connectivity index (χ2n) is 13.8. The molecular formula is C50H31N5O. The molecule has 0 fully saturated rings. The zero-order valence-electron chi connectivity index (χ0n) is 30.0. The number of hydrogen-bond donors (Lipinski definition) is 0. The minimum absolute atomic E-state index is 0.585. The molecule has 6 heteroatoms. The quantitative estimate of drug-likeness (QED) is 0.171. The van der Waals surface area contributed by atoms with Crippen molar-refractivity contribution in [2.45, 2.75) is 0 Å². The van der Waals surface area contributed by atoms with Gasteiger partial charge in [0.1, 0.15) is 5.69 Å². The van der Waals surface area contributed by atoms with Crippen molar-refractivity contribution < 1.29 is 4.42 Å². The maximum atomic E-state index is 7.02. The van der Waals surface area contributed by atoms with Crippen LogP contribution in [-0.2, 0) is 0 Å². The van der Waals surface area contributed by atoms with Gasteiger partial charge in [-0.3, -0.25) is 4.57 Å². The largest absolute Gasteiger partial charge is 0.437 e. The van der Waals surface area contributed by atoms with Gasteiger partial charge >= 0.3 is 0 Å². The topological polar surface area (TPSA) is 69.6 Å². The molecule has 0 atom stereocenters. The van der Waals surface area contributed by atoms with Gasteiger partial charge in [-0.05, 0) is 35.4 Å². The summed E-state index contributed by atoms with van der Waals surface area (Å²) in [7, 11) is 0. The zero-order valence-corrected chi connectivity index (χ0v) is 30.0. The van der Waals surface area contributed by atoms with Crippen LogP contribution in [-0.4, -0.2) is 24.5 Å². The lowest BCUT2D eigenvalue weighted by Crippen LogP contribution is -2.01. The lowest BCUT2D eigenvalue weighted by atomic mass is 10.0. The normalized spacial score (nSPS) is 11.6. The Morgan fingerprint density at radius 1 is 0.375 bits per heavy atom. The van der Waals surface area contributed by atoms with Crippen molar-refractivity contribution in [2.75, 3.05) is 0 Å². The molecule has 0 bridgehead atoms. The predicted molar refractivity (Wildman–Crippen MR) is 226 cm³/mol. The minimum Gasteiger partial charge on any atom is -0.437 e. The second kappa shape index (κ2) is 13.0. The Morgan fingerprint density at radius 3 is 1.61 bits per heavy atom. The van der Waals surface area contributed by atoms with Crippen LogP contribution < -0.4 is 0 Å². The van der Waals surface area contributed by atoms with E-state index in [1.807, 2.05) is 60.7 Å². The van der Waals surface area contributed by atoms with Crippen LogP contribution in [0.25, 0.3) is 106 Å². The van der Waals surface area contributed by atoms with Gasteiger partial charge in [-0.1, -0.05) is 164 Å². The van der Waals surface area contributed by atoms with E-state index in [1.165, 1.54) is 0 Å². The van der Waals surface area contributed by atoms with Gasteiger partial charge in [0, 0.05) is 44.1 Å². The Morgan fingerprint density at radius 2 is 0.893 bits per heavy atom. The Labute approximate surface area is 322 Å². The van der Waals surface area contributed by atoms with E-state index in [0.717, 1.165) is 88.6 Å². The smallest absolute Gasteiger partial charge is 0.213 e. The van der Waals surface area contributed by atoms with E-state index in [-0.39, 0.29) is 0 Å². The van der Waals surface area contributed by atoms with Crippen LogP contribution in [0.4, 0.5) is 0 Å². The number of hydrogen-bond acceptors (Lipinski definition) is 5. The third kappa shape index (κ3) is 5.27. The number of aromatic nitrogens is 5. The molecule has 4 aromatic heterocycles. The number of furan rings is 1. The van der Waals surface area contributed by atoms with Crippen molar-refractivity contribution in [3.63, 3.8) is 0 Å². The molecule has 0 spiro atoms. The summed E-state index contributed by atoms with van der Waals surface area (Å²) in [6, 6.07) is 64.3. The van der Waals surface area contributed by atoms with Gasteiger partial charge in [-0.2, -0.15) is 0 Å². The first-order valence-electron chi connectivity index (χ1n) is 18.6. The molecule has 262 valence electrons. The van der Waals surface area contributed by atoms with Crippen LogP contribution in [0.2, 0.25) is 0 Å². The average Bonchev–Trinajstić information content (AvgIpc) is 3.82. The molecule has 0 aliphatic heterocycles. The van der Waals surface area contributed by atoms with Crippen molar-refractivity contribution in [3.8, 4) is 62.2 Å². The number of para-hydroxylation sites is 2. The number of pyridine rings is 1. The maximum Gasteiger partial charge on any atom is 0.213 e. The monoisotopic (exact) mass is 717 g/mol. The average molecular weight is 718 g/mol. The first-order valence-corrected chi connectivity index (χ1v) is 18.6. The Kier molecular flexibility index (Phi) is 7.38. The molecule has 0 aliphatic carbocycles. The molecule has 0 amide bonds. The highest BCUT2D eigenvalue weighted by Crippen LogP contribution is 2.44. The molecule has 7 aromatic carbocycles. The van der Waals surface area contributed by atoms with Crippen LogP contribution >= 0.6 is 0 Å². The van der Waals surface area contributed by atoms with Crippen LogP contribution in [0.3, 0.4) is 0 Å². The van der Waals surface area contributed by atoms with Gasteiger partial charge in [0.15, 0.2) is 23.1 Å². The van der Waals surface area contributed by atoms with Gasteiger partial charge in [0.05, 0.1) is 16.4 Å². The lowest BCUT2D eigenvalue weighted by Gasteiger charge is -2.11. The summed E-state index contributed by atoms with van der Waals surface area (Å²) < 4.78 is 9.23. The van der Waals surface area contributed by atoms with E-state index < -0.39 is 0 Å². The SMILES string of the molecule is c1ccc(-c2ccc(-c3nc(-c4ccccc4)nc(-c4cccc(-n5c6ccccc6c6c7c(oc65)c(-c5ccccc5)nc5ccccc57)c4)n3)cc2)cc1. The highest BCUT2D eigenvalue weighted by Gasteiger charge is 2.24. The number of nitrogens with zero attached hydrogens (tertiary/aromatic N) is 5. The minimum atomic E-state index is 0.585. The number of rotatable bonds is 6. The fraction of sp³-hybridized carbons (Fsp3) is 0. The molecule has 4 heterocycles. The van der Waals surface area contributed by atoms with Crippen molar-refractivity contribution in [3.05, 3.63) is 188 Å². The first kappa shape index (κ1) is 31.8. The van der Waals surface area contributed by atoms with E-state index in [1.54, 1.807) is 0 Å². The van der Waals surface area contributed by atoms with Crippen LogP contribution in [0.1, 0.15) is 0 Å². The predicted octanol–water partition coefficient (Wildman–Crippen LogP) is 12.6. The summed E-state index contributed by atoms with van der Waals surface area (Å²) >= 11 is 0. The Bertz CT molecular complexity index is 3230. The van der Waals surface area contributed by atoms with Crippen molar-refractivity contribution in [2.24, 2.45) is 0 Å². The standard InChI is InChI=1S/C50H31N5O/c1-4-15-32(16-5-1)33-27-29-36(30-28-33)48-52-47(35-19-8-3-9-20-35)53-49(54-48)37-21-14-22-38(31-37)55-42-26-13-11-24-40(42)44-43-39-23-10-12-25-41(39)51-45(46(43)56-50(44)55)34-17-6-2-7-18-34/h1-31H. The third-order valence-corrected chi connectivity index (χ3v) is 10.5. The summed E-state index contributed by atoms with van der Waals surface area (Å²) in [5.74, 6) is 1.81. The fourth-order valence-electron chi connectivity index (χ4n) is 7.82. The molecule has 0 saturated heterocycles. The van der Waals surface area contributed by atoms with Gasteiger partial charge in [-0.25, -0.2) is 19.9 Å². The number of benzene rings is 7. The molecule has 0 aliphatic rings. The van der Waals surface area contributed by atoms with E-state index in [0.29, 0.717) is 17.5 Å². The van der Waals surface area contributed by atoms with Crippen LogP contribution in [0.15, 0.2) is 192 Å². The van der Waals surface area contributed by atoms with E-state index in [4.69, 9.17) is 24.4 Å². The molecule has 11 aromatic rings. The third-order valence-electron chi connectivity index (χ3n) is 10.5. The maximum absolute atomic E-state index is 7.02. The molecule has 0 unspecified atom stereocenters. The number of fused-ring (bicyclic) bond motifs is 7. The summed E-state index contributed by atoms with van der Waals surface area (Å²) in [5.41, 5.74) is 11.3. The molecule has 0 saturated carbocycles. The van der Waals surface area contributed by atoms with E-state index in [2.05, 4.69) is 132 Å². The summed E-state index contributed by atoms with van der Waals surface area (Å²) in [6.07, 6.45) is 0. The highest BCUT2D eigenvalue weighted by molar-refractivity contribution is 6.28. The highest BCUT2D eigenvalue weighted by atomic mass is 16.3. The van der Waals surface area contributed by atoms with E-state index in [9.17, 15) is 0 Å². The Balaban J connectivity index is 1.11. The second-order valence-corrected chi connectivity index (χ2v) is 13.8. The zero-order chi connectivity index (χ0) is 37.0. The van der Waals surface area contributed by atoms with Gasteiger partial charge < -0.3 is 4.42 Å². The molecule has 0 N–H and O–H groups in total. The molecule has 0 radical (unpaired) electrons. The Hall–Kier alpha value is -7.70. The molecular weight excluding hydrogens is 687 g/mol. The van der Waals surface area contributed by atoms with Crippen LogP contribution in [0, 0.1) is 0 Å².